The summed E-state index contributed by atoms with van der Waals surface area (Å²) >= 11 is 0. The first-order chi connectivity index (χ1) is 17.0. The second-order valence-corrected chi connectivity index (χ2v) is 8.30. The highest BCUT2D eigenvalue weighted by molar-refractivity contribution is 5.67. The highest BCUT2D eigenvalue weighted by atomic mass is 19.2. The predicted molar refractivity (Wildman–Crippen MR) is 137 cm³/mol. The number of ether oxygens (including phenoxy) is 1. The summed E-state index contributed by atoms with van der Waals surface area (Å²) in [6.45, 7) is 4.14. The summed E-state index contributed by atoms with van der Waals surface area (Å²) in [5, 5.41) is 0. The highest BCUT2D eigenvalue weighted by Gasteiger charge is 2.15. The van der Waals surface area contributed by atoms with Gasteiger partial charge in [0.05, 0.1) is 6.61 Å². The van der Waals surface area contributed by atoms with Gasteiger partial charge in [0.1, 0.15) is 0 Å². The quantitative estimate of drug-likeness (QED) is 0.249. The van der Waals surface area contributed by atoms with Crippen LogP contribution in [0.4, 0.5) is 13.2 Å². The third kappa shape index (κ3) is 5.65. The molecule has 4 aromatic carbocycles. The molecule has 0 aliphatic rings. The Morgan fingerprint density at radius 2 is 1.40 bits per heavy atom. The standard InChI is InChI=1S/C31H27F3O/c1-3-5-21-8-13-24(14-9-21)27-18-16-25(30(33)31(27)34)15-10-22-6-11-23(12-7-22)26-17-19-29(35-4-2)28(32)20-26/h3,5-9,11-14,16-20H,4,10,15H2,1-2H3. The van der Waals surface area contributed by atoms with E-state index in [0.717, 1.165) is 22.3 Å². The zero-order chi connectivity index (χ0) is 24.8. The Kier molecular flexibility index (Phi) is 7.71. The van der Waals surface area contributed by atoms with E-state index < -0.39 is 17.5 Å². The molecule has 0 aliphatic carbocycles. The molecule has 0 radical (unpaired) electrons. The molecular weight excluding hydrogens is 445 g/mol. The largest absolute Gasteiger partial charge is 0.491 e. The molecule has 0 heterocycles. The SMILES string of the molecule is CC=Cc1ccc(-c2ccc(CCc3ccc(-c4ccc(OCC)c(F)c4)cc3)c(F)c2F)cc1. The molecule has 0 N–H and O–H groups in total. The van der Waals surface area contributed by atoms with Gasteiger partial charge in [0, 0.05) is 5.56 Å². The van der Waals surface area contributed by atoms with Gasteiger partial charge in [-0.05, 0) is 72.2 Å². The molecular formula is C31H27F3O. The number of aryl methyl sites for hydroxylation is 2. The average molecular weight is 473 g/mol. The van der Waals surface area contributed by atoms with Crippen molar-refractivity contribution < 1.29 is 17.9 Å². The molecule has 0 spiro atoms. The Labute approximate surface area is 204 Å². The second-order valence-electron chi connectivity index (χ2n) is 8.30. The zero-order valence-electron chi connectivity index (χ0n) is 19.8. The minimum Gasteiger partial charge on any atom is -0.491 e. The highest BCUT2D eigenvalue weighted by Crippen LogP contribution is 2.29. The van der Waals surface area contributed by atoms with Crippen molar-refractivity contribution in [2.45, 2.75) is 26.7 Å². The first-order valence-electron chi connectivity index (χ1n) is 11.7. The molecule has 0 saturated carbocycles. The molecule has 0 amide bonds. The van der Waals surface area contributed by atoms with E-state index in [1.807, 2.05) is 68.5 Å². The number of allylic oxidation sites excluding steroid dienone is 1. The van der Waals surface area contributed by atoms with Crippen LogP contribution in [0.2, 0.25) is 0 Å². The van der Waals surface area contributed by atoms with Crippen molar-refractivity contribution in [2.24, 2.45) is 0 Å². The first kappa shape index (κ1) is 24.3. The van der Waals surface area contributed by atoms with Gasteiger partial charge >= 0.3 is 0 Å². The van der Waals surface area contributed by atoms with Gasteiger partial charge in [0.2, 0.25) is 0 Å². The topological polar surface area (TPSA) is 9.23 Å². The summed E-state index contributed by atoms with van der Waals surface area (Å²) in [6.07, 6.45) is 4.82. The van der Waals surface area contributed by atoms with Gasteiger partial charge in [-0.25, -0.2) is 13.2 Å². The average Bonchev–Trinajstić information content (AvgIpc) is 2.87. The van der Waals surface area contributed by atoms with E-state index >= 15 is 0 Å². The number of benzene rings is 4. The molecule has 178 valence electrons. The van der Waals surface area contributed by atoms with Crippen molar-refractivity contribution in [3.8, 4) is 28.0 Å². The van der Waals surface area contributed by atoms with Crippen LogP contribution >= 0.6 is 0 Å². The van der Waals surface area contributed by atoms with Gasteiger partial charge in [0.25, 0.3) is 0 Å². The minimum absolute atomic E-state index is 0.235. The van der Waals surface area contributed by atoms with Crippen LogP contribution < -0.4 is 4.74 Å². The Balaban J connectivity index is 1.45. The van der Waals surface area contributed by atoms with Crippen molar-refractivity contribution in [3.63, 3.8) is 0 Å². The Morgan fingerprint density at radius 1 is 0.714 bits per heavy atom. The van der Waals surface area contributed by atoms with E-state index in [2.05, 4.69) is 0 Å². The van der Waals surface area contributed by atoms with Gasteiger partial charge < -0.3 is 4.74 Å². The monoisotopic (exact) mass is 472 g/mol. The van der Waals surface area contributed by atoms with Crippen molar-refractivity contribution in [1.29, 1.82) is 0 Å². The molecule has 0 unspecified atom stereocenters. The number of hydrogen-bond acceptors (Lipinski definition) is 1. The van der Waals surface area contributed by atoms with E-state index in [0.29, 0.717) is 30.6 Å². The normalized spacial score (nSPS) is 11.2. The molecule has 0 fully saturated rings. The lowest BCUT2D eigenvalue weighted by atomic mass is 9.97. The fourth-order valence-electron chi connectivity index (χ4n) is 4.07. The van der Waals surface area contributed by atoms with Crippen LogP contribution in [0.1, 0.15) is 30.5 Å². The van der Waals surface area contributed by atoms with E-state index in [4.69, 9.17) is 4.74 Å². The van der Waals surface area contributed by atoms with Crippen LogP contribution in [-0.4, -0.2) is 6.61 Å². The Morgan fingerprint density at radius 3 is 2.06 bits per heavy atom. The molecule has 1 nitrogen and oxygen atoms in total. The molecule has 0 bridgehead atoms. The predicted octanol–water partition coefficient (Wildman–Crippen LogP) is 8.65. The van der Waals surface area contributed by atoms with Gasteiger partial charge in [-0.15, -0.1) is 0 Å². The Hall–Kier alpha value is -3.79. The smallest absolute Gasteiger partial charge is 0.166 e. The summed E-state index contributed by atoms with van der Waals surface area (Å²) in [5.41, 5.74) is 4.86. The molecule has 4 heteroatoms. The van der Waals surface area contributed by atoms with Crippen LogP contribution in [0, 0.1) is 17.5 Å². The number of halogens is 3. The molecule has 0 saturated heterocycles. The third-order valence-electron chi connectivity index (χ3n) is 5.95. The minimum atomic E-state index is -0.825. The lowest BCUT2D eigenvalue weighted by Gasteiger charge is -2.10. The van der Waals surface area contributed by atoms with Crippen LogP contribution in [0.3, 0.4) is 0 Å². The van der Waals surface area contributed by atoms with Crippen molar-refractivity contribution >= 4 is 6.08 Å². The fourth-order valence-corrected chi connectivity index (χ4v) is 4.07. The number of rotatable bonds is 8. The van der Waals surface area contributed by atoms with Crippen LogP contribution in [0.5, 0.6) is 5.75 Å². The van der Waals surface area contributed by atoms with Gasteiger partial charge in [-0.1, -0.05) is 78.9 Å². The van der Waals surface area contributed by atoms with Crippen LogP contribution in [-0.2, 0) is 12.8 Å². The van der Waals surface area contributed by atoms with E-state index in [9.17, 15) is 13.2 Å². The lowest BCUT2D eigenvalue weighted by molar-refractivity contribution is 0.321. The molecule has 0 aliphatic heterocycles. The molecule has 4 aromatic rings. The summed E-state index contributed by atoms with van der Waals surface area (Å²) in [7, 11) is 0. The van der Waals surface area contributed by atoms with E-state index in [-0.39, 0.29) is 11.3 Å². The van der Waals surface area contributed by atoms with E-state index in [1.165, 1.54) is 6.07 Å². The van der Waals surface area contributed by atoms with Crippen LogP contribution in [0.25, 0.3) is 28.3 Å². The second kappa shape index (κ2) is 11.1. The van der Waals surface area contributed by atoms with E-state index in [1.54, 1.807) is 30.3 Å². The van der Waals surface area contributed by atoms with Crippen LogP contribution in [0.15, 0.2) is 84.9 Å². The lowest BCUT2D eigenvalue weighted by Crippen LogP contribution is -2.00. The summed E-state index contributed by atoms with van der Waals surface area (Å²) in [5.74, 6) is -1.79. The summed E-state index contributed by atoms with van der Waals surface area (Å²) in [4.78, 5) is 0. The van der Waals surface area contributed by atoms with Crippen molar-refractivity contribution in [3.05, 3.63) is 119 Å². The maximum Gasteiger partial charge on any atom is 0.166 e. The summed E-state index contributed by atoms with van der Waals surface area (Å²) < 4.78 is 49.1. The molecule has 4 rings (SSSR count). The summed E-state index contributed by atoms with van der Waals surface area (Å²) in [6, 6.07) is 23.2. The number of hydrogen-bond donors (Lipinski definition) is 0. The maximum absolute atomic E-state index is 14.8. The first-order valence-corrected chi connectivity index (χ1v) is 11.7. The molecule has 35 heavy (non-hydrogen) atoms. The molecule has 0 atom stereocenters. The maximum atomic E-state index is 14.8. The fraction of sp³-hybridized carbons (Fsp3) is 0.161. The molecule has 0 aromatic heterocycles. The van der Waals surface area contributed by atoms with Gasteiger partial charge in [0.15, 0.2) is 23.2 Å². The van der Waals surface area contributed by atoms with Gasteiger partial charge in [-0.3, -0.25) is 0 Å². The van der Waals surface area contributed by atoms with Crippen molar-refractivity contribution in [1.82, 2.24) is 0 Å². The van der Waals surface area contributed by atoms with Crippen molar-refractivity contribution in [2.75, 3.05) is 6.61 Å². The zero-order valence-corrected chi connectivity index (χ0v) is 19.8. The van der Waals surface area contributed by atoms with Gasteiger partial charge in [-0.2, -0.15) is 0 Å². The Bertz CT molecular complexity index is 1320. The third-order valence-corrected chi connectivity index (χ3v) is 5.95.